The minimum absolute atomic E-state index is 0.0973. The molecule has 2 aromatic carbocycles. The van der Waals surface area contributed by atoms with Crippen molar-refractivity contribution >= 4 is 33.2 Å². The molecule has 8 heteroatoms. The Labute approximate surface area is 202 Å². The number of carbonyl (C=O) groups is 1. The van der Waals surface area contributed by atoms with Crippen molar-refractivity contribution in [3.8, 4) is 0 Å². The molecule has 33 heavy (non-hydrogen) atoms. The molecule has 2 aromatic rings. The Hall–Kier alpha value is -2.09. The summed E-state index contributed by atoms with van der Waals surface area (Å²) >= 11 is 5.89. The van der Waals surface area contributed by atoms with Gasteiger partial charge in [-0.25, -0.2) is 8.42 Å². The van der Waals surface area contributed by atoms with E-state index in [1.807, 2.05) is 0 Å². The smallest absolute Gasteiger partial charge is 0.243 e. The van der Waals surface area contributed by atoms with Crippen molar-refractivity contribution in [3.05, 3.63) is 59.1 Å². The summed E-state index contributed by atoms with van der Waals surface area (Å²) in [6.45, 7) is 5.54. The summed E-state index contributed by atoms with van der Waals surface area (Å²) in [4.78, 5) is 15.4. The van der Waals surface area contributed by atoms with Gasteiger partial charge in [-0.15, -0.1) is 0 Å². The third kappa shape index (κ3) is 5.89. The van der Waals surface area contributed by atoms with Crippen LogP contribution in [-0.2, 0) is 21.4 Å². The number of amides is 1. The van der Waals surface area contributed by atoms with Crippen LogP contribution in [0.2, 0.25) is 5.02 Å². The molecule has 2 aliphatic heterocycles. The Balaban J connectivity index is 1.32. The third-order valence-corrected chi connectivity index (χ3v) is 8.76. The molecule has 0 saturated carbocycles. The summed E-state index contributed by atoms with van der Waals surface area (Å²) in [6, 6.07) is 14.5. The van der Waals surface area contributed by atoms with Gasteiger partial charge in [0.1, 0.15) is 0 Å². The molecule has 1 N–H and O–H groups in total. The van der Waals surface area contributed by atoms with E-state index in [9.17, 15) is 13.2 Å². The van der Waals surface area contributed by atoms with Gasteiger partial charge in [0.2, 0.25) is 15.9 Å². The highest BCUT2D eigenvalue weighted by Gasteiger charge is 2.33. The standard InChI is InChI=1S/C25H32ClN3O3S/c1-19-4-2-14-28(17-19)23-10-6-20(7-11-23)16-27-25(30)21-5-3-15-29(18-21)33(31,32)24-12-8-22(26)9-13-24/h6-13,19,21H,2-5,14-18H2,1H3,(H,27,30)/t19-,21-/m1/s1. The number of piperidine rings is 2. The van der Waals surface area contributed by atoms with Gasteiger partial charge in [-0.1, -0.05) is 30.7 Å². The lowest BCUT2D eigenvalue weighted by atomic mass is 9.98. The molecule has 1 amide bonds. The number of anilines is 1. The Bertz CT molecular complexity index is 1060. The van der Waals surface area contributed by atoms with Gasteiger partial charge in [-0.3, -0.25) is 4.79 Å². The van der Waals surface area contributed by atoms with Crippen molar-refractivity contribution in [2.75, 3.05) is 31.1 Å². The van der Waals surface area contributed by atoms with Crippen molar-refractivity contribution in [3.63, 3.8) is 0 Å². The van der Waals surface area contributed by atoms with Crippen molar-refractivity contribution in [1.82, 2.24) is 9.62 Å². The lowest BCUT2D eigenvalue weighted by Crippen LogP contribution is -2.45. The van der Waals surface area contributed by atoms with E-state index in [0.717, 1.165) is 24.6 Å². The Morgan fingerprint density at radius 3 is 2.39 bits per heavy atom. The Kier molecular flexibility index (Phi) is 7.62. The molecule has 4 rings (SSSR count). The van der Waals surface area contributed by atoms with Crippen molar-refractivity contribution in [2.24, 2.45) is 11.8 Å². The minimum Gasteiger partial charge on any atom is -0.371 e. The SMILES string of the molecule is C[C@@H]1CCCN(c2ccc(CNC(=O)[C@@H]3CCCN(S(=O)(=O)c4ccc(Cl)cc4)C3)cc2)C1. The van der Waals surface area contributed by atoms with Gasteiger partial charge in [-0.2, -0.15) is 4.31 Å². The quantitative estimate of drug-likeness (QED) is 0.657. The molecule has 0 spiro atoms. The molecule has 0 radical (unpaired) electrons. The summed E-state index contributed by atoms with van der Waals surface area (Å²) in [5, 5.41) is 3.49. The summed E-state index contributed by atoms with van der Waals surface area (Å²) in [7, 11) is -3.64. The van der Waals surface area contributed by atoms with Gasteiger partial charge in [0.05, 0.1) is 10.8 Å². The minimum atomic E-state index is -3.64. The number of hydrogen-bond donors (Lipinski definition) is 1. The van der Waals surface area contributed by atoms with Crippen LogP contribution in [-0.4, -0.2) is 44.8 Å². The molecular weight excluding hydrogens is 458 g/mol. The first-order valence-corrected chi connectivity index (χ1v) is 13.5. The zero-order valence-electron chi connectivity index (χ0n) is 19.0. The predicted octanol–water partition coefficient (Wildman–Crippen LogP) is 4.29. The van der Waals surface area contributed by atoms with Crippen LogP contribution in [0, 0.1) is 11.8 Å². The van der Waals surface area contributed by atoms with Gasteiger partial charge in [0, 0.05) is 43.4 Å². The normalized spacial score (nSPS) is 22.2. The maximum Gasteiger partial charge on any atom is 0.243 e. The average Bonchev–Trinajstić information content (AvgIpc) is 2.83. The molecule has 2 heterocycles. The number of sulfonamides is 1. The lowest BCUT2D eigenvalue weighted by molar-refractivity contribution is -0.126. The van der Waals surface area contributed by atoms with Crippen LogP contribution in [0.15, 0.2) is 53.4 Å². The molecule has 2 saturated heterocycles. The Morgan fingerprint density at radius 2 is 1.70 bits per heavy atom. The van der Waals surface area contributed by atoms with E-state index >= 15 is 0 Å². The second kappa shape index (κ2) is 10.5. The highest BCUT2D eigenvalue weighted by Crippen LogP contribution is 2.26. The maximum absolute atomic E-state index is 13.0. The van der Waals surface area contributed by atoms with Gasteiger partial charge in [0.15, 0.2) is 0 Å². The predicted molar refractivity (Wildman–Crippen MR) is 132 cm³/mol. The fraction of sp³-hybridized carbons (Fsp3) is 0.480. The van der Waals surface area contributed by atoms with Gasteiger partial charge in [-0.05, 0) is 73.6 Å². The molecule has 6 nitrogen and oxygen atoms in total. The van der Waals surface area contributed by atoms with E-state index in [1.165, 1.54) is 35.0 Å². The molecule has 2 fully saturated rings. The van der Waals surface area contributed by atoms with Gasteiger partial charge in [0.25, 0.3) is 0 Å². The zero-order valence-corrected chi connectivity index (χ0v) is 20.6. The number of carbonyl (C=O) groups excluding carboxylic acids is 1. The molecule has 178 valence electrons. The first kappa shape index (κ1) is 24.0. The molecule has 0 unspecified atom stereocenters. The van der Waals surface area contributed by atoms with E-state index in [2.05, 4.69) is 41.4 Å². The molecule has 2 aliphatic rings. The van der Waals surface area contributed by atoms with Crippen LogP contribution in [0.4, 0.5) is 5.69 Å². The number of rotatable bonds is 6. The number of nitrogens with zero attached hydrogens (tertiary/aromatic N) is 2. The largest absolute Gasteiger partial charge is 0.371 e. The van der Waals surface area contributed by atoms with E-state index in [-0.39, 0.29) is 23.3 Å². The number of halogens is 1. The zero-order chi connectivity index (χ0) is 23.4. The van der Waals surface area contributed by atoms with Crippen LogP contribution >= 0.6 is 11.6 Å². The highest BCUT2D eigenvalue weighted by molar-refractivity contribution is 7.89. The maximum atomic E-state index is 13.0. The van der Waals surface area contributed by atoms with Gasteiger partial charge < -0.3 is 10.2 Å². The van der Waals surface area contributed by atoms with Crippen LogP contribution < -0.4 is 10.2 Å². The molecule has 2 atom stereocenters. The summed E-state index contributed by atoms with van der Waals surface area (Å²) in [5.41, 5.74) is 2.27. The second-order valence-electron chi connectivity index (χ2n) is 9.23. The van der Waals surface area contributed by atoms with E-state index in [1.54, 1.807) is 12.1 Å². The first-order chi connectivity index (χ1) is 15.8. The molecule has 0 aromatic heterocycles. The number of hydrogen-bond acceptors (Lipinski definition) is 4. The molecular formula is C25H32ClN3O3S. The van der Waals surface area contributed by atoms with Crippen molar-refractivity contribution in [2.45, 2.75) is 44.0 Å². The Morgan fingerprint density at radius 1 is 1.00 bits per heavy atom. The topological polar surface area (TPSA) is 69.7 Å². The van der Waals surface area contributed by atoms with E-state index in [0.29, 0.717) is 31.0 Å². The monoisotopic (exact) mass is 489 g/mol. The van der Waals surface area contributed by atoms with Crippen LogP contribution in [0.3, 0.4) is 0 Å². The van der Waals surface area contributed by atoms with Crippen molar-refractivity contribution in [1.29, 1.82) is 0 Å². The van der Waals surface area contributed by atoms with Crippen LogP contribution in [0.5, 0.6) is 0 Å². The number of benzene rings is 2. The summed E-state index contributed by atoms with van der Waals surface area (Å²) < 4.78 is 27.4. The number of nitrogens with one attached hydrogen (secondary N) is 1. The fourth-order valence-corrected chi connectivity index (χ4v) is 6.36. The first-order valence-electron chi connectivity index (χ1n) is 11.7. The van der Waals surface area contributed by atoms with Crippen LogP contribution in [0.1, 0.15) is 38.2 Å². The third-order valence-electron chi connectivity index (χ3n) is 6.63. The highest BCUT2D eigenvalue weighted by atomic mass is 35.5. The van der Waals surface area contributed by atoms with E-state index < -0.39 is 10.0 Å². The van der Waals surface area contributed by atoms with Crippen molar-refractivity contribution < 1.29 is 13.2 Å². The average molecular weight is 490 g/mol. The second-order valence-corrected chi connectivity index (χ2v) is 11.6. The molecule has 0 bridgehead atoms. The van der Waals surface area contributed by atoms with Gasteiger partial charge >= 0.3 is 0 Å². The van der Waals surface area contributed by atoms with E-state index in [4.69, 9.17) is 11.6 Å². The summed E-state index contributed by atoms with van der Waals surface area (Å²) in [5.74, 6) is 0.270. The summed E-state index contributed by atoms with van der Waals surface area (Å²) in [6.07, 6.45) is 3.86. The fourth-order valence-electron chi connectivity index (χ4n) is 4.71. The lowest BCUT2D eigenvalue weighted by Gasteiger charge is -2.33. The van der Waals surface area contributed by atoms with Crippen LogP contribution in [0.25, 0.3) is 0 Å². The molecule has 0 aliphatic carbocycles.